The summed E-state index contributed by atoms with van der Waals surface area (Å²) in [6.07, 6.45) is 0. The first-order chi connectivity index (χ1) is 8.42. The summed E-state index contributed by atoms with van der Waals surface area (Å²) in [4.78, 5) is 23.3. The molecule has 0 aliphatic heterocycles. The predicted octanol–water partition coefficient (Wildman–Crippen LogP) is 3.12. The number of carbonyl (C=O) groups is 2. The van der Waals surface area contributed by atoms with Crippen molar-refractivity contribution < 1.29 is 14.3 Å². The van der Waals surface area contributed by atoms with Gasteiger partial charge in [0.1, 0.15) is 5.75 Å². The summed E-state index contributed by atoms with van der Waals surface area (Å²) in [5, 5.41) is 0. The number of methoxy groups -OCH3 is 1. The van der Waals surface area contributed by atoms with Gasteiger partial charge in [-0.25, -0.2) is 0 Å². The molecule has 0 unspecified atom stereocenters. The topological polar surface area (TPSA) is 43.4 Å². The third-order valence-corrected chi connectivity index (χ3v) is 3.06. The molecule has 0 aromatic heterocycles. The van der Waals surface area contributed by atoms with Crippen LogP contribution in [0.1, 0.15) is 41.3 Å². The number of rotatable bonds is 5. The van der Waals surface area contributed by atoms with Gasteiger partial charge in [0.05, 0.1) is 13.0 Å². The van der Waals surface area contributed by atoms with Crippen LogP contribution in [0, 0.1) is 6.92 Å². The van der Waals surface area contributed by atoms with E-state index >= 15 is 0 Å². The molecule has 0 saturated heterocycles. The van der Waals surface area contributed by atoms with Crippen molar-refractivity contribution in [2.75, 3.05) is 13.0 Å². The highest BCUT2D eigenvalue weighted by atomic mass is 35.5. The lowest BCUT2D eigenvalue weighted by Gasteiger charge is -2.15. The molecule has 1 aromatic carbocycles. The van der Waals surface area contributed by atoms with E-state index < -0.39 is 11.6 Å². The van der Waals surface area contributed by atoms with Crippen molar-refractivity contribution in [2.45, 2.75) is 26.7 Å². The van der Waals surface area contributed by atoms with Crippen molar-refractivity contribution in [3.8, 4) is 5.75 Å². The molecule has 3 nitrogen and oxygen atoms in total. The Kier molecular flexibility index (Phi) is 4.91. The molecule has 0 heterocycles. The van der Waals surface area contributed by atoms with Gasteiger partial charge in [-0.1, -0.05) is 13.8 Å². The van der Waals surface area contributed by atoms with Gasteiger partial charge in [-0.3, -0.25) is 9.59 Å². The van der Waals surface area contributed by atoms with Crippen LogP contribution in [-0.4, -0.2) is 24.6 Å². The lowest BCUT2D eigenvalue weighted by Crippen LogP contribution is -2.17. The van der Waals surface area contributed by atoms with Gasteiger partial charge in [-0.05, 0) is 36.1 Å². The molecule has 0 aliphatic rings. The minimum Gasteiger partial charge on any atom is -0.496 e. The van der Waals surface area contributed by atoms with Gasteiger partial charge in [0, 0.05) is 5.56 Å². The largest absolute Gasteiger partial charge is 0.496 e. The molecule has 1 rings (SSSR count). The number of hydrogen-bond donors (Lipinski definition) is 0. The van der Waals surface area contributed by atoms with Crippen LogP contribution in [0.2, 0.25) is 0 Å². The van der Waals surface area contributed by atoms with Gasteiger partial charge in [0.25, 0.3) is 0 Å². The average molecular weight is 269 g/mol. The Labute approximate surface area is 112 Å². The molecule has 0 aliphatic carbocycles. The fourth-order valence-corrected chi connectivity index (χ4v) is 1.90. The Morgan fingerprint density at radius 1 is 1.33 bits per heavy atom. The van der Waals surface area contributed by atoms with E-state index in [-0.39, 0.29) is 11.8 Å². The molecule has 0 N–H and O–H groups in total. The number of ketones is 2. The van der Waals surface area contributed by atoms with Crippen LogP contribution in [0.25, 0.3) is 0 Å². The standard InChI is InChI=1S/C14H17ClO3/c1-8(2)10-6-11(14(17)12(16)7-15)9(3)5-13(10)18-4/h5-6,8H,7H2,1-4H3. The van der Waals surface area contributed by atoms with Gasteiger partial charge >= 0.3 is 0 Å². The van der Waals surface area contributed by atoms with Crippen molar-refractivity contribution in [1.82, 2.24) is 0 Å². The number of Topliss-reactive ketones (excluding diaryl/α,β-unsaturated/α-hetero) is 2. The summed E-state index contributed by atoms with van der Waals surface area (Å²) in [6.45, 7) is 5.79. The summed E-state index contributed by atoms with van der Waals surface area (Å²) in [5.41, 5.74) is 2.04. The lowest BCUT2D eigenvalue weighted by atomic mass is 9.94. The first kappa shape index (κ1) is 14.7. The minimum atomic E-state index is -0.584. The Morgan fingerprint density at radius 2 is 1.94 bits per heavy atom. The Morgan fingerprint density at radius 3 is 2.39 bits per heavy atom. The van der Waals surface area contributed by atoms with Crippen LogP contribution >= 0.6 is 11.6 Å². The first-order valence-electron chi connectivity index (χ1n) is 5.74. The van der Waals surface area contributed by atoms with Crippen LogP contribution in [0.15, 0.2) is 12.1 Å². The third-order valence-electron chi connectivity index (χ3n) is 2.82. The molecule has 0 atom stereocenters. The number of halogens is 1. The third kappa shape index (κ3) is 2.91. The molecule has 98 valence electrons. The van der Waals surface area contributed by atoms with Crippen molar-refractivity contribution in [2.24, 2.45) is 0 Å². The van der Waals surface area contributed by atoms with Gasteiger partial charge in [-0.15, -0.1) is 11.6 Å². The zero-order valence-corrected chi connectivity index (χ0v) is 11.8. The van der Waals surface area contributed by atoms with E-state index in [1.54, 1.807) is 26.2 Å². The van der Waals surface area contributed by atoms with E-state index in [1.165, 1.54) is 0 Å². The predicted molar refractivity (Wildman–Crippen MR) is 71.9 cm³/mol. The highest BCUT2D eigenvalue weighted by Gasteiger charge is 2.20. The number of aryl methyl sites for hydroxylation is 1. The molecular formula is C14H17ClO3. The lowest BCUT2D eigenvalue weighted by molar-refractivity contribution is -0.112. The second-order valence-corrected chi connectivity index (χ2v) is 4.72. The maximum Gasteiger partial charge on any atom is 0.230 e. The van der Waals surface area contributed by atoms with Crippen LogP contribution in [-0.2, 0) is 4.79 Å². The number of hydrogen-bond acceptors (Lipinski definition) is 3. The molecule has 4 heteroatoms. The van der Waals surface area contributed by atoms with E-state index in [0.717, 1.165) is 16.9 Å². The Bertz CT molecular complexity index is 478. The smallest absolute Gasteiger partial charge is 0.230 e. The monoisotopic (exact) mass is 268 g/mol. The zero-order chi connectivity index (χ0) is 13.9. The van der Waals surface area contributed by atoms with Crippen LogP contribution < -0.4 is 4.74 Å². The first-order valence-corrected chi connectivity index (χ1v) is 6.27. The van der Waals surface area contributed by atoms with Gasteiger partial charge in [0.2, 0.25) is 11.6 Å². The Hall–Kier alpha value is -1.35. The molecule has 0 spiro atoms. The summed E-state index contributed by atoms with van der Waals surface area (Å²) in [5.74, 6) is -0.469. The summed E-state index contributed by atoms with van der Waals surface area (Å²) in [6, 6.07) is 3.51. The van der Waals surface area contributed by atoms with Crippen LogP contribution in [0.5, 0.6) is 5.75 Å². The average Bonchev–Trinajstić information content (AvgIpc) is 2.36. The molecule has 0 bridgehead atoms. The fraction of sp³-hybridized carbons (Fsp3) is 0.429. The van der Waals surface area contributed by atoms with Crippen molar-refractivity contribution >= 4 is 23.2 Å². The minimum absolute atomic E-state index is 0.207. The summed E-state index contributed by atoms with van der Waals surface area (Å²) in [7, 11) is 1.59. The van der Waals surface area contributed by atoms with E-state index in [4.69, 9.17) is 16.3 Å². The maximum absolute atomic E-state index is 11.9. The Balaban J connectivity index is 3.34. The fourth-order valence-electron chi connectivity index (χ4n) is 1.78. The molecule has 0 saturated carbocycles. The van der Waals surface area contributed by atoms with Gasteiger partial charge in [0.15, 0.2) is 0 Å². The normalized spacial score (nSPS) is 10.6. The number of ether oxygens (including phenoxy) is 1. The number of carbonyl (C=O) groups excluding carboxylic acids is 2. The van der Waals surface area contributed by atoms with Crippen molar-refractivity contribution in [1.29, 1.82) is 0 Å². The maximum atomic E-state index is 11.9. The van der Waals surface area contributed by atoms with E-state index in [1.807, 2.05) is 13.8 Å². The number of alkyl halides is 1. The highest BCUT2D eigenvalue weighted by molar-refractivity contribution is 6.51. The van der Waals surface area contributed by atoms with Crippen LogP contribution in [0.3, 0.4) is 0 Å². The zero-order valence-electron chi connectivity index (χ0n) is 11.0. The highest BCUT2D eigenvalue weighted by Crippen LogP contribution is 2.29. The second-order valence-electron chi connectivity index (χ2n) is 4.45. The molecule has 1 aromatic rings. The molecular weight excluding hydrogens is 252 g/mol. The molecule has 18 heavy (non-hydrogen) atoms. The molecule has 0 fully saturated rings. The quantitative estimate of drug-likeness (QED) is 0.468. The van der Waals surface area contributed by atoms with Crippen molar-refractivity contribution in [3.05, 3.63) is 28.8 Å². The van der Waals surface area contributed by atoms with Crippen LogP contribution in [0.4, 0.5) is 0 Å². The molecule has 0 radical (unpaired) electrons. The summed E-state index contributed by atoms with van der Waals surface area (Å²) < 4.78 is 5.29. The molecule has 0 amide bonds. The van der Waals surface area contributed by atoms with E-state index in [2.05, 4.69) is 0 Å². The number of benzene rings is 1. The van der Waals surface area contributed by atoms with Gasteiger partial charge < -0.3 is 4.74 Å². The van der Waals surface area contributed by atoms with E-state index in [9.17, 15) is 9.59 Å². The van der Waals surface area contributed by atoms with Crippen molar-refractivity contribution in [3.63, 3.8) is 0 Å². The van der Waals surface area contributed by atoms with Gasteiger partial charge in [-0.2, -0.15) is 0 Å². The van der Waals surface area contributed by atoms with E-state index in [0.29, 0.717) is 5.56 Å². The SMILES string of the molecule is COc1cc(C)c(C(=O)C(=O)CCl)cc1C(C)C. The summed E-state index contributed by atoms with van der Waals surface area (Å²) >= 11 is 5.41. The second kappa shape index (κ2) is 6.01.